The quantitative estimate of drug-likeness (QED) is 0.762. The predicted octanol–water partition coefficient (Wildman–Crippen LogP) is 0.817. The molecule has 3 rings (SSSR count). The minimum atomic E-state index is -1.30. The lowest BCUT2D eigenvalue weighted by Gasteiger charge is -2.34. The van der Waals surface area contributed by atoms with E-state index in [1.54, 1.807) is 24.5 Å². The van der Waals surface area contributed by atoms with Gasteiger partial charge in [0, 0.05) is 29.8 Å². The van der Waals surface area contributed by atoms with Crippen molar-refractivity contribution in [2.45, 2.75) is 23.7 Å². The molecule has 0 radical (unpaired) electrons. The van der Waals surface area contributed by atoms with Crippen LogP contribution in [0.5, 0.6) is 5.75 Å². The van der Waals surface area contributed by atoms with Crippen LogP contribution in [0.4, 0.5) is 4.39 Å². The molecule has 0 spiro atoms. The highest BCUT2D eigenvalue weighted by molar-refractivity contribution is 7.99. The van der Waals surface area contributed by atoms with E-state index in [2.05, 4.69) is 9.97 Å². The van der Waals surface area contributed by atoms with E-state index in [0.29, 0.717) is 5.56 Å². The summed E-state index contributed by atoms with van der Waals surface area (Å²) < 4.78 is 19.7. The Morgan fingerprint density at radius 1 is 1.17 bits per heavy atom. The number of aromatic nitrogens is 2. The van der Waals surface area contributed by atoms with Crippen molar-refractivity contribution in [1.29, 1.82) is 0 Å². The van der Waals surface area contributed by atoms with Gasteiger partial charge in [-0.15, -0.1) is 11.8 Å². The van der Waals surface area contributed by atoms with Crippen LogP contribution < -0.4 is 4.74 Å². The van der Waals surface area contributed by atoms with Gasteiger partial charge in [-0.05, 0) is 12.1 Å². The summed E-state index contributed by atoms with van der Waals surface area (Å²) in [4.78, 5) is 7.91. The summed E-state index contributed by atoms with van der Waals surface area (Å²) in [7, 11) is 0. The second-order valence-electron chi connectivity index (χ2n) is 5.11. The van der Waals surface area contributed by atoms with Gasteiger partial charge in [-0.25, -0.2) is 9.37 Å². The van der Waals surface area contributed by atoms with Crippen molar-refractivity contribution in [1.82, 2.24) is 9.97 Å². The first-order valence-electron chi connectivity index (χ1n) is 6.94. The summed E-state index contributed by atoms with van der Waals surface area (Å²) in [5.41, 5.74) is -0.0388. The molecule has 122 valence electrons. The molecule has 8 heteroatoms. The maximum atomic E-state index is 14.2. The molecule has 6 nitrogen and oxygen atoms in total. The molecule has 0 aromatic carbocycles. The first-order chi connectivity index (χ1) is 11.1. The second-order valence-corrected chi connectivity index (χ2v) is 6.24. The number of rotatable bonds is 3. The van der Waals surface area contributed by atoms with Crippen LogP contribution in [0.2, 0.25) is 0 Å². The third-order valence-electron chi connectivity index (χ3n) is 3.48. The largest absolute Gasteiger partial charge is 0.475 e. The Bertz CT molecular complexity index is 676. The van der Waals surface area contributed by atoms with Gasteiger partial charge in [0.15, 0.2) is 11.3 Å². The van der Waals surface area contributed by atoms with Gasteiger partial charge in [-0.2, -0.15) is 0 Å². The number of pyridine rings is 2. The highest BCUT2D eigenvalue weighted by Crippen LogP contribution is 2.30. The second kappa shape index (κ2) is 6.79. The van der Waals surface area contributed by atoms with Crippen molar-refractivity contribution >= 4 is 11.8 Å². The fraction of sp³-hybridized carbons (Fsp3) is 0.333. The zero-order valence-electron chi connectivity index (χ0n) is 11.9. The average Bonchev–Trinajstić information content (AvgIpc) is 2.56. The molecule has 4 atom stereocenters. The lowest BCUT2D eigenvalue weighted by Crippen LogP contribution is -2.50. The Hall–Kier alpha value is -1.74. The van der Waals surface area contributed by atoms with Crippen LogP contribution in [-0.4, -0.2) is 54.8 Å². The molecule has 2 aromatic rings. The molecule has 0 aliphatic carbocycles. The molecule has 1 saturated heterocycles. The Kier molecular flexibility index (Phi) is 4.76. The van der Waals surface area contributed by atoms with Crippen molar-refractivity contribution in [3.05, 3.63) is 42.6 Å². The Morgan fingerprint density at radius 2 is 1.91 bits per heavy atom. The van der Waals surface area contributed by atoms with Gasteiger partial charge in [-0.1, -0.05) is 0 Å². The molecule has 2 aromatic heterocycles. The number of halogens is 1. The number of hydrogen-bond donors (Lipinski definition) is 3. The third kappa shape index (κ3) is 3.45. The number of nitrogens with zero attached hydrogens (tertiary/aromatic N) is 2. The molecule has 1 aliphatic rings. The maximum Gasteiger partial charge on any atom is 0.173 e. The van der Waals surface area contributed by atoms with Crippen LogP contribution in [0.3, 0.4) is 0 Å². The molecule has 1 unspecified atom stereocenters. The number of ether oxygens (including phenoxy) is 1. The number of aliphatic hydroxyl groups excluding tert-OH is 3. The Balaban J connectivity index is 1.76. The first-order valence-corrected chi connectivity index (χ1v) is 7.99. The summed E-state index contributed by atoms with van der Waals surface area (Å²) in [5, 5.41) is 29.0. The van der Waals surface area contributed by atoms with E-state index in [1.165, 1.54) is 12.3 Å². The summed E-state index contributed by atoms with van der Waals surface area (Å²) in [5.74, 6) is -0.210. The van der Waals surface area contributed by atoms with Crippen molar-refractivity contribution in [2.75, 3.05) is 5.75 Å². The molecule has 23 heavy (non-hydrogen) atoms. The minimum absolute atomic E-state index is 0.139. The Labute approximate surface area is 136 Å². The molecule has 0 amide bonds. The molecule has 3 heterocycles. The molecule has 0 saturated carbocycles. The highest BCUT2D eigenvalue weighted by atomic mass is 32.2. The fourth-order valence-corrected chi connectivity index (χ4v) is 3.35. The van der Waals surface area contributed by atoms with Gasteiger partial charge < -0.3 is 20.1 Å². The van der Waals surface area contributed by atoms with E-state index >= 15 is 0 Å². The summed E-state index contributed by atoms with van der Waals surface area (Å²) in [6.45, 7) is 0. The third-order valence-corrected chi connectivity index (χ3v) is 4.71. The molecule has 1 aliphatic heterocycles. The van der Waals surface area contributed by atoms with E-state index in [0.717, 1.165) is 11.8 Å². The standard InChI is InChI=1S/C15H15FN2O4S/c16-10-5-9(6-18-12(10)8-1-3-17-4-2-8)22-15-14(21)13(20)11(19)7-23-15/h1-6,11,13-15,19-21H,7H2/t11-,13+,14-,15?/m1/s1. The topological polar surface area (TPSA) is 95.7 Å². The van der Waals surface area contributed by atoms with Gasteiger partial charge in [0.2, 0.25) is 0 Å². The van der Waals surface area contributed by atoms with Crippen LogP contribution in [0, 0.1) is 5.82 Å². The average molecular weight is 338 g/mol. The van der Waals surface area contributed by atoms with E-state index in [-0.39, 0.29) is 17.2 Å². The summed E-state index contributed by atoms with van der Waals surface area (Å²) in [6.07, 6.45) is 0.856. The van der Waals surface area contributed by atoms with Crippen LogP contribution in [-0.2, 0) is 0 Å². The number of thioether (sulfide) groups is 1. The summed E-state index contributed by atoms with van der Waals surface area (Å²) in [6, 6.07) is 4.46. The maximum absolute atomic E-state index is 14.2. The highest BCUT2D eigenvalue weighted by Gasteiger charge is 2.38. The molecule has 3 N–H and O–H groups in total. The van der Waals surface area contributed by atoms with Gasteiger partial charge in [0.25, 0.3) is 0 Å². The zero-order valence-corrected chi connectivity index (χ0v) is 12.7. The van der Waals surface area contributed by atoms with Gasteiger partial charge >= 0.3 is 0 Å². The number of aliphatic hydroxyl groups is 3. The number of hydrogen-bond acceptors (Lipinski definition) is 7. The lowest BCUT2D eigenvalue weighted by atomic mass is 10.1. The molecular formula is C15H15FN2O4S. The Morgan fingerprint density at radius 3 is 2.61 bits per heavy atom. The SMILES string of the molecule is O[C@H]1[C@H](O)CSC(Oc2cnc(-c3ccncc3)c(F)c2)[C@@H]1O. The molecule has 0 bridgehead atoms. The van der Waals surface area contributed by atoms with Crippen LogP contribution in [0.1, 0.15) is 0 Å². The van der Waals surface area contributed by atoms with E-state index in [9.17, 15) is 19.7 Å². The van der Waals surface area contributed by atoms with E-state index in [1.807, 2.05) is 0 Å². The fourth-order valence-electron chi connectivity index (χ4n) is 2.22. The van der Waals surface area contributed by atoms with Crippen molar-refractivity contribution in [3.8, 4) is 17.0 Å². The normalized spacial score (nSPS) is 27.7. The van der Waals surface area contributed by atoms with Gasteiger partial charge in [-0.3, -0.25) is 4.98 Å². The summed E-state index contributed by atoms with van der Waals surface area (Å²) >= 11 is 1.14. The minimum Gasteiger partial charge on any atom is -0.475 e. The smallest absolute Gasteiger partial charge is 0.173 e. The van der Waals surface area contributed by atoms with Crippen LogP contribution >= 0.6 is 11.8 Å². The zero-order chi connectivity index (χ0) is 16.4. The van der Waals surface area contributed by atoms with E-state index < -0.39 is 29.6 Å². The molecular weight excluding hydrogens is 323 g/mol. The van der Waals surface area contributed by atoms with Crippen LogP contribution in [0.25, 0.3) is 11.3 Å². The van der Waals surface area contributed by atoms with E-state index in [4.69, 9.17) is 4.74 Å². The lowest BCUT2D eigenvalue weighted by molar-refractivity contribution is -0.0786. The van der Waals surface area contributed by atoms with Crippen LogP contribution in [0.15, 0.2) is 36.8 Å². The monoisotopic (exact) mass is 338 g/mol. The molecule has 1 fully saturated rings. The first kappa shape index (κ1) is 16.1. The van der Waals surface area contributed by atoms with Crippen molar-refractivity contribution in [3.63, 3.8) is 0 Å². The predicted molar refractivity (Wildman–Crippen MR) is 82.3 cm³/mol. The van der Waals surface area contributed by atoms with Crippen molar-refractivity contribution < 1.29 is 24.4 Å². The van der Waals surface area contributed by atoms with Crippen molar-refractivity contribution in [2.24, 2.45) is 0 Å². The van der Waals surface area contributed by atoms with Gasteiger partial charge in [0.1, 0.15) is 23.7 Å². The van der Waals surface area contributed by atoms with Gasteiger partial charge in [0.05, 0.1) is 12.3 Å².